The van der Waals surface area contributed by atoms with Crippen molar-refractivity contribution in [3.8, 4) is 10.6 Å². The lowest BCUT2D eigenvalue weighted by Gasteiger charge is -2.21. The largest absolute Gasteiger partial charge is 0.396 e. The first-order valence-electron chi connectivity index (χ1n) is 10.9. The normalized spacial score (nSPS) is 22.3. The summed E-state index contributed by atoms with van der Waals surface area (Å²) in [6.07, 6.45) is -1.65. The Morgan fingerprint density at radius 3 is 2.50 bits per heavy atom. The number of rotatable bonds is 6. The third-order valence-corrected chi connectivity index (χ3v) is 7.36. The van der Waals surface area contributed by atoms with Gasteiger partial charge in [-0.2, -0.15) is 4.98 Å². The summed E-state index contributed by atoms with van der Waals surface area (Å²) in [5.41, 5.74) is 3.10. The SMILES string of the molecule is Cc1nc(Nc2ccc(Cl)cc2)nc(NC2CC(CO)C(O)C2O)c1-c1nc2ccccc2s1. The highest BCUT2D eigenvalue weighted by atomic mass is 35.5. The molecule has 5 N–H and O–H groups in total. The molecule has 10 heteroatoms. The van der Waals surface area contributed by atoms with Gasteiger partial charge in [0.2, 0.25) is 5.95 Å². The van der Waals surface area contributed by atoms with Gasteiger partial charge in [0, 0.05) is 23.2 Å². The zero-order chi connectivity index (χ0) is 23.8. The molecular weight excluding hydrogens is 474 g/mol. The van der Waals surface area contributed by atoms with Crippen LogP contribution in [0.1, 0.15) is 12.1 Å². The van der Waals surface area contributed by atoms with Crippen molar-refractivity contribution < 1.29 is 15.3 Å². The number of halogens is 1. The maximum absolute atomic E-state index is 10.6. The molecule has 1 saturated carbocycles. The molecule has 1 aliphatic rings. The summed E-state index contributed by atoms with van der Waals surface area (Å²) in [5.74, 6) is 0.463. The topological polar surface area (TPSA) is 123 Å². The highest BCUT2D eigenvalue weighted by Gasteiger charge is 2.41. The van der Waals surface area contributed by atoms with Gasteiger partial charge in [0.25, 0.3) is 0 Å². The predicted molar refractivity (Wildman–Crippen MR) is 135 cm³/mol. The monoisotopic (exact) mass is 497 g/mol. The van der Waals surface area contributed by atoms with Crippen LogP contribution in [0.3, 0.4) is 0 Å². The molecule has 4 atom stereocenters. The van der Waals surface area contributed by atoms with Gasteiger partial charge in [-0.05, 0) is 49.7 Å². The molecule has 5 rings (SSSR count). The zero-order valence-corrected chi connectivity index (χ0v) is 19.9. The Bertz CT molecular complexity index is 1280. The van der Waals surface area contributed by atoms with E-state index in [4.69, 9.17) is 21.6 Å². The lowest BCUT2D eigenvalue weighted by molar-refractivity contribution is 0.00446. The number of aryl methyl sites for hydroxylation is 1. The fourth-order valence-corrected chi connectivity index (χ4v) is 5.44. The van der Waals surface area contributed by atoms with E-state index in [0.29, 0.717) is 28.9 Å². The first-order chi connectivity index (χ1) is 16.4. The highest BCUT2D eigenvalue weighted by molar-refractivity contribution is 7.21. The van der Waals surface area contributed by atoms with Gasteiger partial charge in [0.1, 0.15) is 16.9 Å². The molecule has 0 saturated heterocycles. The van der Waals surface area contributed by atoms with Crippen LogP contribution in [0.2, 0.25) is 5.02 Å². The van der Waals surface area contributed by atoms with Crippen LogP contribution in [0, 0.1) is 12.8 Å². The summed E-state index contributed by atoms with van der Waals surface area (Å²) in [5, 5.41) is 38.3. The zero-order valence-electron chi connectivity index (χ0n) is 18.3. The first kappa shape index (κ1) is 22.9. The number of hydrogen-bond donors (Lipinski definition) is 5. The number of nitrogens with one attached hydrogen (secondary N) is 2. The summed E-state index contributed by atoms with van der Waals surface area (Å²) in [6, 6.07) is 14.6. The molecule has 2 heterocycles. The molecule has 4 aromatic rings. The number of thiazole rings is 1. The molecule has 176 valence electrons. The van der Waals surface area contributed by atoms with Gasteiger partial charge < -0.3 is 26.0 Å². The van der Waals surface area contributed by atoms with Gasteiger partial charge in [0.05, 0.1) is 33.6 Å². The number of aliphatic hydroxyl groups excluding tert-OH is 3. The van der Waals surface area contributed by atoms with Crippen LogP contribution < -0.4 is 10.6 Å². The Balaban J connectivity index is 1.56. The van der Waals surface area contributed by atoms with Crippen molar-refractivity contribution in [2.45, 2.75) is 31.6 Å². The van der Waals surface area contributed by atoms with Gasteiger partial charge >= 0.3 is 0 Å². The van der Waals surface area contributed by atoms with Crippen molar-refractivity contribution >= 4 is 50.6 Å². The number of aromatic nitrogens is 3. The van der Waals surface area contributed by atoms with E-state index in [1.165, 1.54) is 11.3 Å². The summed E-state index contributed by atoms with van der Waals surface area (Å²) < 4.78 is 1.04. The summed E-state index contributed by atoms with van der Waals surface area (Å²) in [4.78, 5) is 14.2. The van der Waals surface area contributed by atoms with Crippen molar-refractivity contribution in [3.63, 3.8) is 0 Å². The van der Waals surface area contributed by atoms with Gasteiger partial charge in [0.15, 0.2) is 0 Å². The summed E-state index contributed by atoms with van der Waals surface area (Å²) in [6.45, 7) is 1.69. The molecule has 1 aliphatic carbocycles. The lowest BCUT2D eigenvalue weighted by Crippen LogP contribution is -2.35. The fourth-order valence-electron chi connectivity index (χ4n) is 4.26. The summed E-state index contributed by atoms with van der Waals surface area (Å²) >= 11 is 7.53. The van der Waals surface area contributed by atoms with Crippen molar-refractivity contribution in [3.05, 3.63) is 59.2 Å². The molecular formula is C24H24ClN5O3S. The molecule has 4 unspecified atom stereocenters. The lowest BCUT2D eigenvalue weighted by atomic mass is 10.1. The number of anilines is 3. The van der Waals surface area contributed by atoms with E-state index < -0.39 is 24.2 Å². The average Bonchev–Trinajstić information content (AvgIpc) is 3.36. The minimum absolute atomic E-state index is 0.201. The fraction of sp³-hybridized carbons (Fsp3) is 0.292. The molecule has 0 spiro atoms. The van der Waals surface area contributed by atoms with Crippen molar-refractivity contribution in [2.24, 2.45) is 5.92 Å². The van der Waals surface area contributed by atoms with E-state index in [9.17, 15) is 15.3 Å². The van der Waals surface area contributed by atoms with E-state index in [1.54, 1.807) is 12.1 Å². The molecule has 2 aromatic carbocycles. The number of fused-ring (bicyclic) bond motifs is 1. The van der Waals surface area contributed by atoms with E-state index >= 15 is 0 Å². The first-order valence-corrected chi connectivity index (χ1v) is 12.1. The Kier molecular flexibility index (Phi) is 6.37. The maximum atomic E-state index is 10.6. The van der Waals surface area contributed by atoms with E-state index in [0.717, 1.165) is 26.5 Å². The second-order valence-electron chi connectivity index (χ2n) is 8.39. The Morgan fingerprint density at radius 1 is 1.03 bits per heavy atom. The Labute approximate surface area is 205 Å². The number of para-hydroxylation sites is 1. The Hall–Kier alpha value is -2.82. The van der Waals surface area contributed by atoms with Crippen LogP contribution in [0.15, 0.2) is 48.5 Å². The number of benzene rings is 2. The molecule has 0 aliphatic heterocycles. The van der Waals surface area contributed by atoms with Crippen LogP contribution in [-0.2, 0) is 0 Å². The van der Waals surface area contributed by atoms with Gasteiger partial charge in [-0.1, -0.05) is 23.7 Å². The van der Waals surface area contributed by atoms with E-state index in [-0.39, 0.29) is 6.61 Å². The van der Waals surface area contributed by atoms with Crippen LogP contribution >= 0.6 is 22.9 Å². The van der Waals surface area contributed by atoms with Gasteiger partial charge in [-0.3, -0.25) is 0 Å². The number of nitrogens with zero attached hydrogens (tertiary/aromatic N) is 3. The third kappa shape index (κ3) is 4.45. The van der Waals surface area contributed by atoms with E-state index in [1.807, 2.05) is 43.3 Å². The van der Waals surface area contributed by atoms with Crippen LogP contribution in [0.4, 0.5) is 17.5 Å². The molecule has 2 aromatic heterocycles. The van der Waals surface area contributed by atoms with Crippen LogP contribution in [-0.4, -0.2) is 55.1 Å². The number of aliphatic hydroxyl groups is 3. The highest BCUT2D eigenvalue weighted by Crippen LogP contribution is 2.38. The maximum Gasteiger partial charge on any atom is 0.229 e. The average molecular weight is 498 g/mol. The molecule has 0 bridgehead atoms. The number of hydrogen-bond acceptors (Lipinski definition) is 9. The van der Waals surface area contributed by atoms with E-state index in [2.05, 4.69) is 15.6 Å². The molecule has 1 fully saturated rings. The molecule has 34 heavy (non-hydrogen) atoms. The summed E-state index contributed by atoms with van der Waals surface area (Å²) in [7, 11) is 0. The molecule has 0 radical (unpaired) electrons. The predicted octanol–water partition coefficient (Wildman–Crippen LogP) is 3.97. The van der Waals surface area contributed by atoms with Crippen molar-refractivity contribution in [1.29, 1.82) is 0 Å². The van der Waals surface area contributed by atoms with Gasteiger partial charge in [-0.25, -0.2) is 9.97 Å². The second kappa shape index (κ2) is 9.44. The minimum Gasteiger partial charge on any atom is -0.396 e. The van der Waals surface area contributed by atoms with Crippen LogP contribution in [0.5, 0.6) is 0 Å². The smallest absolute Gasteiger partial charge is 0.229 e. The molecule has 0 amide bonds. The second-order valence-corrected chi connectivity index (χ2v) is 9.85. The third-order valence-electron chi connectivity index (χ3n) is 6.06. The molecule has 8 nitrogen and oxygen atoms in total. The quantitative estimate of drug-likeness (QED) is 0.271. The van der Waals surface area contributed by atoms with Crippen LogP contribution in [0.25, 0.3) is 20.8 Å². The standard InChI is InChI=1S/C24H24ClN5O3S/c1-12-19(23-29-16-4-2-3-5-18(16)34-23)22(28-17-10-13(11-31)20(32)21(17)33)30-24(26-12)27-15-8-6-14(25)7-9-15/h2-9,13,17,20-21,31-33H,10-11H2,1H3,(H2,26,27,28,30). The Morgan fingerprint density at radius 2 is 1.79 bits per heavy atom. The minimum atomic E-state index is -1.04. The van der Waals surface area contributed by atoms with Gasteiger partial charge in [-0.15, -0.1) is 11.3 Å². The van der Waals surface area contributed by atoms with Crippen molar-refractivity contribution in [2.75, 3.05) is 17.2 Å². The van der Waals surface area contributed by atoms with Crippen molar-refractivity contribution in [1.82, 2.24) is 15.0 Å².